The molecule has 0 aliphatic carbocycles. The first kappa shape index (κ1) is 13.2. The molecule has 0 bridgehead atoms. The van der Waals surface area contributed by atoms with Gasteiger partial charge in [0.05, 0.1) is 12.3 Å². The molecule has 3 heterocycles. The van der Waals surface area contributed by atoms with Crippen molar-refractivity contribution in [2.24, 2.45) is 0 Å². The molecule has 3 N–H and O–H groups in total. The van der Waals surface area contributed by atoms with Gasteiger partial charge in [0.2, 0.25) is 0 Å². The van der Waals surface area contributed by atoms with Crippen molar-refractivity contribution in [3.05, 3.63) is 22.4 Å². The Morgan fingerprint density at radius 3 is 2.85 bits per heavy atom. The smallest absolute Gasteiger partial charge is 0.262 e. The Morgan fingerprint density at radius 2 is 2.20 bits per heavy atom. The minimum Gasteiger partial charge on any atom is -0.388 e. The van der Waals surface area contributed by atoms with Crippen molar-refractivity contribution in [1.82, 2.24) is 19.7 Å². The number of aliphatic hydroxyl groups is 2. The van der Waals surface area contributed by atoms with Crippen molar-refractivity contribution < 1.29 is 14.9 Å². The topological polar surface area (TPSA) is 113 Å². The van der Waals surface area contributed by atoms with Gasteiger partial charge in [-0.1, -0.05) is 6.92 Å². The number of ether oxygens (including phenoxy) is 1. The van der Waals surface area contributed by atoms with Gasteiger partial charge in [-0.25, -0.2) is 9.67 Å². The second kappa shape index (κ2) is 4.65. The number of H-pyrrole nitrogens is 1. The maximum atomic E-state index is 11.8. The highest BCUT2D eigenvalue weighted by molar-refractivity contribution is 5.73. The first-order valence-electron chi connectivity index (χ1n) is 6.48. The van der Waals surface area contributed by atoms with Crippen molar-refractivity contribution in [3.8, 4) is 0 Å². The van der Waals surface area contributed by atoms with Gasteiger partial charge in [-0.2, -0.15) is 5.10 Å². The van der Waals surface area contributed by atoms with Crippen LogP contribution in [0.25, 0.3) is 11.0 Å². The largest absolute Gasteiger partial charge is 0.388 e. The van der Waals surface area contributed by atoms with Gasteiger partial charge in [-0.15, -0.1) is 0 Å². The van der Waals surface area contributed by atoms with E-state index >= 15 is 0 Å². The van der Waals surface area contributed by atoms with E-state index in [1.54, 1.807) is 6.92 Å². The van der Waals surface area contributed by atoms with Crippen LogP contribution in [0.2, 0.25) is 0 Å². The number of aliphatic hydroxyl groups excluding tert-OH is 2. The predicted molar refractivity (Wildman–Crippen MR) is 69.1 cm³/mol. The molecule has 8 heteroatoms. The summed E-state index contributed by atoms with van der Waals surface area (Å²) in [5.74, 6) is 0.448. The summed E-state index contributed by atoms with van der Waals surface area (Å²) in [5, 5.41) is 24.4. The summed E-state index contributed by atoms with van der Waals surface area (Å²) < 4.78 is 6.96. The molecule has 1 fully saturated rings. The summed E-state index contributed by atoms with van der Waals surface area (Å²) in [5.41, 5.74) is 0.0399. The molecule has 0 saturated carbocycles. The van der Waals surface area contributed by atoms with Crippen LogP contribution < -0.4 is 5.56 Å². The third kappa shape index (κ3) is 1.84. The first-order valence-corrected chi connectivity index (χ1v) is 6.48. The molecule has 0 spiro atoms. The third-order valence-electron chi connectivity index (χ3n) is 3.56. The molecule has 2 aromatic heterocycles. The van der Waals surface area contributed by atoms with Crippen molar-refractivity contribution in [2.45, 2.75) is 44.8 Å². The van der Waals surface area contributed by atoms with Gasteiger partial charge < -0.3 is 19.9 Å². The quantitative estimate of drug-likeness (QED) is 0.680. The van der Waals surface area contributed by atoms with Crippen molar-refractivity contribution in [1.29, 1.82) is 0 Å². The number of aromatic nitrogens is 4. The lowest BCUT2D eigenvalue weighted by molar-refractivity contribution is -0.0425. The molecule has 1 aliphatic heterocycles. The molecule has 20 heavy (non-hydrogen) atoms. The summed E-state index contributed by atoms with van der Waals surface area (Å²) in [7, 11) is 0. The van der Waals surface area contributed by atoms with Gasteiger partial charge in [0.25, 0.3) is 5.56 Å². The Labute approximate surface area is 114 Å². The predicted octanol–water partition coefficient (Wildman–Crippen LogP) is -0.543. The molecule has 4 atom stereocenters. The average Bonchev–Trinajstić information content (AvgIpc) is 2.93. The molecule has 0 radical (unpaired) electrons. The SMILES string of the molecule is CC[C@H]1O[C@@H](n2ncc3c(=O)[nH]c(C)nc32)[C@@H](O)C1O. The van der Waals surface area contributed by atoms with Gasteiger partial charge in [-0.3, -0.25) is 4.79 Å². The lowest BCUT2D eigenvalue weighted by Gasteiger charge is -2.15. The standard InChI is InChI=1S/C12H16N4O4/c1-3-7-8(17)9(18)12(20-7)16-10-6(4-13-16)11(19)15-5(2)14-10/h4,7-9,12,17-18H,3H2,1-2H3,(H,14,15,19)/t7-,8?,9+,12-/m1/s1. The number of nitrogens with one attached hydrogen (secondary N) is 1. The number of rotatable bonds is 2. The molecule has 1 saturated heterocycles. The Hall–Kier alpha value is -1.77. The third-order valence-corrected chi connectivity index (χ3v) is 3.56. The zero-order chi connectivity index (χ0) is 14.4. The fraction of sp³-hybridized carbons (Fsp3) is 0.583. The van der Waals surface area contributed by atoms with E-state index in [0.717, 1.165) is 0 Å². The van der Waals surface area contributed by atoms with Crippen LogP contribution in [0.15, 0.2) is 11.0 Å². The molecule has 1 unspecified atom stereocenters. The average molecular weight is 280 g/mol. The molecule has 0 aromatic carbocycles. The van der Waals surface area contributed by atoms with E-state index in [-0.39, 0.29) is 5.56 Å². The van der Waals surface area contributed by atoms with Crippen molar-refractivity contribution in [2.75, 3.05) is 0 Å². The molecule has 2 aromatic rings. The van der Waals surface area contributed by atoms with E-state index in [4.69, 9.17) is 4.74 Å². The minimum absolute atomic E-state index is 0.293. The van der Waals surface area contributed by atoms with E-state index in [0.29, 0.717) is 23.3 Å². The number of hydrogen-bond acceptors (Lipinski definition) is 6. The van der Waals surface area contributed by atoms with Crippen LogP contribution in [0.4, 0.5) is 0 Å². The fourth-order valence-corrected chi connectivity index (χ4v) is 2.50. The highest BCUT2D eigenvalue weighted by atomic mass is 16.6. The Balaban J connectivity index is 2.09. The highest BCUT2D eigenvalue weighted by Gasteiger charge is 2.43. The maximum Gasteiger partial charge on any atom is 0.262 e. The summed E-state index contributed by atoms with van der Waals surface area (Å²) in [6.07, 6.45) is -1.45. The number of fused-ring (bicyclic) bond motifs is 1. The van der Waals surface area contributed by atoms with Crippen LogP contribution in [-0.2, 0) is 4.74 Å². The normalized spacial score (nSPS) is 30.2. The van der Waals surface area contributed by atoms with Gasteiger partial charge in [0.15, 0.2) is 11.9 Å². The van der Waals surface area contributed by atoms with Crippen LogP contribution in [0.5, 0.6) is 0 Å². The van der Waals surface area contributed by atoms with Crippen molar-refractivity contribution >= 4 is 11.0 Å². The zero-order valence-corrected chi connectivity index (χ0v) is 11.1. The van der Waals surface area contributed by atoms with E-state index in [1.807, 2.05) is 6.92 Å². The van der Waals surface area contributed by atoms with E-state index in [1.165, 1.54) is 10.9 Å². The second-order valence-electron chi connectivity index (χ2n) is 4.93. The lowest BCUT2D eigenvalue weighted by atomic mass is 10.1. The van der Waals surface area contributed by atoms with Crippen LogP contribution in [0.3, 0.4) is 0 Å². The van der Waals surface area contributed by atoms with Crippen molar-refractivity contribution in [3.63, 3.8) is 0 Å². The number of nitrogens with zero attached hydrogens (tertiary/aromatic N) is 3. The summed E-state index contributed by atoms with van der Waals surface area (Å²) in [6.45, 7) is 3.52. The number of hydrogen-bond donors (Lipinski definition) is 3. The molecule has 108 valence electrons. The molecule has 8 nitrogen and oxygen atoms in total. The first-order chi connectivity index (χ1) is 9.52. The summed E-state index contributed by atoms with van der Waals surface area (Å²) >= 11 is 0. The summed E-state index contributed by atoms with van der Waals surface area (Å²) in [6, 6.07) is 0. The van der Waals surface area contributed by atoms with Gasteiger partial charge >= 0.3 is 0 Å². The Bertz CT molecular complexity index is 694. The highest BCUT2D eigenvalue weighted by Crippen LogP contribution is 2.31. The van der Waals surface area contributed by atoms with Crippen LogP contribution >= 0.6 is 0 Å². The minimum atomic E-state index is -1.11. The molecular formula is C12H16N4O4. The monoisotopic (exact) mass is 280 g/mol. The zero-order valence-electron chi connectivity index (χ0n) is 11.1. The Kier molecular flexibility index (Phi) is 3.08. The van der Waals surface area contributed by atoms with Gasteiger partial charge in [0.1, 0.15) is 23.4 Å². The second-order valence-corrected chi connectivity index (χ2v) is 4.93. The van der Waals surface area contributed by atoms with Crippen LogP contribution in [-0.4, -0.2) is 48.3 Å². The maximum absolute atomic E-state index is 11.8. The number of aromatic amines is 1. The fourth-order valence-electron chi connectivity index (χ4n) is 2.50. The van der Waals surface area contributed by atoms with E-state index in [2.05, 4.69) is 15.1 Å². The van der Waals surface area contributed by atoms with E-state index in [9.17, 15) is 15.0 Å². The molecule has 0 amide bonds. The van der Waals surface area contributed by atoms with Crippen LogP contribution in [0.1, 0.15) is 25.4 Å². The summed E-state index contributed by atoms with van der Waals surface area (Å²) in [4.78, 5) is 18.6. The molecule has 3 rings (SSSR count). The lowest BCUT2D eigenvalue weighted by Crippen LogP contribution is -2.31. The Morgan fingerprint density at radius 1 is 1.45 bits per heavy atom. The molecule has 1 aliphatic rings. The molecular weight excluding hydrogens is 264 g/mol. The van der Waals surface area contributed by atoms with E-state index < -0.39 is 24.5 Å². The van der Waals surface area contributed by atoms with Gasteiger partial charge in [-0.05, 0) is 13.3 Å². The van der Waals surface area contributed by atoms with Gasteiger partial charge in [0, 0.05) is 0 Å². The number of aryl methyl sites for hydroxylation is 1. The van der Waals surface area contributed by atoms with Crippen LogP contribution in [0, 0.1) is 6.92 Å².